The number of nitrogens with two attached hydrogens (primary N) is 1. The minimum absolute atomic E-state index is 0.161. The van der Waals surface area contributed by atoms with Crippen LogP contribution in [0.4, 0.5) is 5.69 Å². The molecule has 0 spiro atoms. The molecule has 0 radical (unpaired) electrons. The number of anilines is 1. The van der Waals surface area contributed by atoms with Gasteiger partial charge in [0.25, 0.3) is 0 Å². The predicted octanol–water partition coefficient (Wildman–Crippen LogP) is 4.30. The molecule has 0 amide bonds. The largest absolute Gasteiger partial charge is 0.364 e. The Morgan fingerprint density at radius 1 is 1.42 bits per heavy atom. The summed E-state index contributed by atoms with van der Waals surface area (Å²) in [6.07, 6.45) is 1.16. The number of halogens is 1. The molecule has 1 aromatic carbocycles. The summed E-state index contributed by atoms with van der Waals surface area (Å²) in [6, 6.07) is 4.77. The molecule has 1 aliphatic rings. The van der Waals surface area contributed by atoms with Crippen LogP contribution < -0.4 is 10.6 Å². The molecule has 1 aliphatic heterocycles. The van der Waals surface area contributed by atoms with Crippen molar-refractivity contribution in [2.24, 2.45) is 5.73 Å². The van der Waals surface area contributed by atoms with Gasteiger partial charge in [0, 0.05) is 28.8 Å². The Morgan fingerprint density at radius 3 is 2.58 bits per heavy atom. The van der Waals surface area contributed by atoms with E-state index >= 15 is 0 Å². The van der Waals surface area contributed by atoms with Gasteiger partial charge in [-0.3, -0.25) is 0 Å². The maximum Gasteiger partial charge on any atom is 0.0471 e. The number of hydrogen-bond acceptors (Lipinski definition) is 2. The van der Waals surface area contributed by atoms with Crippen molar-refractivity contribution in [3.05, 3.63) is 28.3 Å². The second kappa shape index (κ2) is 4.99. The molecule has 0 fully saturated rings. The quantitative estimate of drug-likeness (QED) is 0.875. The van der Waals surface area contributed by atoms with E-state index in [1.54, 1.807) is 0 Å². The maximum absolute atomic E-state index is 6.37. The fourth-order valence-electron chi connectivity index (χ4n) is 3.65. The lowest BCUT2D eigenvalue weighted by molar-refractivity contribution is 0.356. The highest BCUT2D eigenvalue weighted by atomic mass is 35.5. The zero-order valence-electron chi connectivity index (χ0n) is 12.6. The maximum atomic E-state index is 6.37. The molecular formula is C16H25ClN2. The van der Waals surface area contributed by atoms with Crippen LogP contribution in [0.1, 0.15) is 58.1 Å². The molecule has 0 aromatic heterocycles. The van der Waals surface area contributed by atoms with Crippen molar-refractivity contribution in [1.82, 2.24) is 0 Å². The van der Waals surface area contributed by atoms with Crippen LogP contribution in [0.5, 0.6) is 0 Å². The van der Waals surface area contributed by atoms with Crippen molar-refractivity contribution in [3.8, 4) is 0 Å². The molecule has 0 saturated carbocycles. The first-order chi connectivity index (χ1) is 8.77. The second-order valence-corrected chi connectivity index (χ2v) is 7.00. The smallest absolute Gasteiger partial charge is 0.0471 e. The fraction of sp³-hybridized carbons (Fsp3) is 0.625. The summed E-state index contributed by atoms with van der Waals surface area (Å²) in [5.74, 6) is 0.544. The van der Waals surface area contributed by atoms with E-state index in [4.69, 9.17) is 17.3 Å². The third kappa shape index (κ3) is 2.48. The zero-order valence-corrected chi connectivity index (χ0v) is 13.4. The van der Waals surface area contributed by atoms with E-state index < -0.39 is 0 Å². The molecule has 0 bridgehead atoms. The van der Waals surface area contributed by atoms with Crippen LogP contribution in [-0.4, -0.2) is 11.6 Å². The third-order valence-corrected chi connectivity index (χ3v) is 4.53. The van der Waals surface area contributed by atoms with Gasteiger partial charge in [-0.05, 0) is 57.2 Å². The summed E-state index contributed by atoms with van der Waals surface area (Å²) in [7, 11) is 0. The molecule has 1 aromatic rings. The molecule has 2 nitrogen and oxygen atoms in total. The Bertz CT molecular complexity index is 480. The Hall–Kier alpha value is -0.730. The lowest BCUT2D eigenvalue weighted by atomic mass is 9.79. The minimum atomic E-state index is 0.161. The van der Waals surface area contributed by atoms with Crippen molar-refractivity contribution in [3.63, 3.8) is 0 Å². The van der Waals surface area contributed by atoms with Gasteiger partial charge in [-0.15, -0.1) is 0 Å². The van der Waals surface area contributed by atoms with Crippen LogP contribution in [0.3, 0.4) is 0 Å². The Labute approximate surface area is 121 Å². The highest BCUT2D eigenvalue weighted by Crippen LogP contribution is 2.46. The monoisotopic (exact) mass is 280 g/mol. The van der Waals surface area contributed by atoms with Gasteiger partial charge in [0.05, 0.1) is 0 Å². The average Bonchev–Trinajstić information content (AvgIpc) is 2.26. The first-order valence-electron chi connectivity index (χ1n) is 7.09. The lowest BCUT2D eigenvalue weighted by Crippen LogP contribution is -2.51. The predicted molar refractivity (Wildman–Crippen MR) is 84.1 cm³/mol. The summed E-state index contributed by atoms with van der Waals surface area (Å²) >= 11 is 6.37. The number of nitrogens with zero attached hydrogens (tertiary/aromatic N) is 1. The van der Waals surface area contributed by atoms with Crippen LogP contribution in [0.2, 0.25) is 5.02 Å². The molecular weight excluding hydrogens is 256 g/mol. The molecule has 1 heterocycles. The van der Waals surface area contributed by atoms with Gasteiger partial charge >= 0.3 is 0 Å². The molecule has 1 atom stereocenters. The first kappa shape index (κ1) is 14.7. The Morgan fingerprint density at radius 2 is 2.05 bits per heavy atom. The van der Waals surface area contributed by atoms with Crippen LogP contribution in [0.25, 0.3) is 0 Å². The molecule has 3 heteroatoms. The molecule has 0 saturated heterocycles. The molecule has 2 N–H and O–H groups in total. The lowest BCUT2D eigenvalue weighted by Gasteiger charge is -2.50. The topological polar surface area (TPSA) is 29.3 Å². The first-order valence-corrected chi connectivity index (χ1v) is 7.47. The van der Waals surface area contributed by atoms with E-state index in [-0.39, 0.29) is 5.54 Å². The Balaban J connectivity index is 2.62. The van der Waals surface area contributed by atoms with Gasteiger partial charge in [0.1, 0.15) is 0 Å². The van der Waals surface area contributed by atoms with E-state index in [0.29, 0.717) is 18.5 Å². The van der Waals surface area contributed by atoms with Crippen LogP contribution in [-0.2, 0) is 6.54 Å². The van der Waals surface area contributed by atoms with Gasteiger partial charge < -0.3 is 10.6 Å². The van der Waals surface area contributed by atoms with Crippen LogP contribution >= 0.6 is 11.6 Å². The van der Waals surface area contributed by atoms with Gasteiger partial charge in [0.2, 0.25) is 0 Å². The van der Waals surface area contributed by atoms with Gasteiger partial charge in [0.15, 0.2) is 0 Å². The van der Waals surface area contributed by atoms with Gasteiger partial charge in [-0.1, -0.05) is 24.6 Å². The summed E-state index contributed by atoms with van der Waals surface area (Å²) in [6.45, 7) is 11.9. The summed E-state index contributed by atoms with van der Waals surface area (Å²) in [5.41, 5.74) is 9.66. The highest BCUT2D eigenvalue weighted by Gasteiger charge is 2.37. The standard InChI is InChI=1S/C16H25ClN2/c1-10(2)19-15-7-14(17)12(9-18)6-13(15)11(3)8-16(19,4)5/h6-7,10-11H,8-9,18H2,1-5H3/t11-/m1/s1. The Kier molecular flexibility index (Phi) is 3.85. The van der Waals surface area contributed by atoms with Crippen molar-refractivity contribution < 1.29 is 0 Å². The molecule has 2 rings (SSSR count). The zero-order chi connectivity index (χ0) is 14.4. The van der Waals surface area contributed by atoms with E-state index in [9.17, 15) is 0 Å². The third-order valence-electron chi connectivity index (χ3n) is 4.18. The van der Waals surface area contributed by atoms with E-state index in [1.807, 2.05) is 0 Å². The van der Waals surface area contributed by atoms with E-state index in [0.717, 1.165) is 17.0 Å². The second-order valence-electron chi connectivity index (χ2n) is 6.59. The number of hydrogen-bond donors (Lipinski definition) is 1. The van der Waals surface area contributed by atoms with Crippen LogP contribution in [0, 0.1) is 0 Å². The normalized spacial score (nSPS) is 21.7. The molecule has 0 unspecified atom stereocenters. The van der Waals surface area contributed by atoms with Crippen molar-refractivity contribution >= 4 is 17.3 Å². The molecule has 0 aliphatic carbocycles. The molecule has 19 heavy (non-hydrogen) atoms. The van der Waals surface area contributed by atoms with E-state index in [1.165, 1.54) is 11.3 Å². The van der Waals surface area contributed by atoms with Crippen molar-refractivity contribution in [1.29, 1.82) is 0 Å². The summed E-state index contributed by atoms with van der Waals surface area (Å²) in [5, 5.41) is 0.789. The summed E-state index contributed by atoms with van der Waals surface area (Å²) < 4.78 is 0. The minimum Gasteiger partial charge on any atom is -0.364 e. The van der Waals surface area contributed by atoms with Gasteiger partial charge in [-0.25, -0.2) is 0 Å². The van der Waals surface area contributed by atoms with Crippen molar-refractivity contribution in [2.45, 2.75) is 65.1 Å². The van der Waals surface area contributed by atoms with E-state index in [2.05, 4.69) is 51.7 Å². The molecule has 106 valence electrons. The fourth-order valence-corrected chi connectivity index (χ4v) is 3.88. The van der Waals surface area contributed by atoms with Crippen LogP contribution in [0.15, 0.2) is 12.1 Å². The average molecular weight is 281 g/mol. The number of rotatable bonds is 2. The number of benzene rings is 1. The summed E-state index contributed by atoms with van der Waals surface area (Å²) in [4.78, 5) is 2.49. The SMILES string of the molecule is CC(C)N1c2cc(Cl)c(CN)cc2[C@H](C)CC1(C)C. The highest BCUT2D eigenvalue weighted by molar-refractivity contribution is 6.31. The number of fused-ring (bicyclic) bond motifs is 1. The van der Waals surface area contributed by atoms with Crippen molar-refractivity contribution in [2.75, 3.05) is 4.90 Å². The van der Waals surface area contributed by atoms with Gasteiger partial charge in [-0.2, -0.15) is 0 Å².